The highest BCUT2D eigenvalue weighted by Gasteiger charge is 2.31. The molecule has 0 bridgehead atoms. The van der Waals surface area contributed by atoms with Crippen molar-refractivity contribution in [1.82, 2.24) is 10.3 Å². The molecule has 2 aromatic carbocycles. The molecule has 1 aliphatic rings. The summed E-state index contributed by atoms with van der Waals surface area (Å²) in [5.74, 6) is -0.712. The first kappa shape index (κ1) is 26.5. The van der Waals surface area contributed by atoms with E-state index in [0.29, 0.717) is 15.6 Å². The number of carbonyl (C=O) groups excluding carboxylic acids is 2. The van der Waals surface area contributed by atoms with Gasteiger partial charge >= 0.3 is 5.69 Å². The third-order valence-electron chi connectivity index (χ3n) is 4.94. The van der Waals surface area contributed by atoms with E-state index in [9.17, 15) is 29.8 Å². The van der Waals surface area contributed by atoms with E-state index in [-0.39, 0.29) is 24.6 Å². The first-order chi connectivity index (χ1) is 17.2. The summed E-state index contributed by atoms with van der Waals surface area (Å²) in [5.41, 5.74) is 5.56. The van der Waals surface area contributed by atoms with Crippen molar-refractivity contribution in [2.75, 3.05) is 12.0 Å². The molecule has 2 N–H and O–H groups in total. The van der Waals surface area contributed by atoms with Crippen LogP contribution in [-0.2, 0) is 9.59 Å². The second-order valence-corrected chi connectivity index (χ2v) is 9.30. The molecule has 13 heteroatoms. The van der Waals surface area contributed by atoms with E-state index < -0.39 is 27.1 Å². The Morgan fingerprint density at radius 1 is 1.14 bits per heavy atom. The Hall–Kier alpha value is -4.10. The summed E-state index contributed by atoms with van der Waals surface area (Å²) < 4.78 is 0.402. The van der Waals surface area contributed by atoms with E-state index in [0.717, 1.165) is 29.3 Å². The van der Waals surface area contributed by atoms with Crippen LogP contribution in [-0.4, -0.2) is 37.4 Å². The molecule has 1 saturated heterocycles. The molecule has 2 amide bonds. The molecule has 2 aromatic rings. The summed E-state index contributed by atoms with van der Waals surface area (Å²) in [6.07, 6.45) is 4.05. The predicted octanol–water partition coefficient (Wildman–Crippen LogP) is 4.57. The lowest BCUT2D eigenvalue weighted by molar-refractivity contribution is -0.393. The lowest BCUT2D eigenvalue weighted by Crippen LogP contribution is -2.32. The minimum absolute atomic E-state index is 0.0107. The van der Waals surface area contributed by atoms with Gasteiger partial charge in [0, 0.05) is 19.0 Å². The number of hydrogen-bond donors (Lipinski definition) is 2. The predicted molar refractivity (Wildman–Crippen MR) is 141 cm³/mol. The molecule has 0 saturated carbocycles. The maximum atomic E-state index is 12.8. The molecule has 0 aliphatic carbocycles. The maximum absolute atomic E-state index is 12.8. The minimum atomic E-state index is -0.791. The van der Waals surface area contributed by atoms with Crippen molar-refractivity contribution < 1.29 is 19.4 Å². The number of rotatable bonds is 10. The van der Waals surface area contributed by atoms with Crippen LogP contribution in [0.3, 0.4) is 0 Å². The smallest absolute Gasteiger partial charge is 0.293 e. The van der Waals surface area contributed by atoms with E-state index in [2.05, 4.69) is 10.9 Å². The summed E-state index contributed by atoms with van der Waals surface area (Å²) in [7, 11) is 0. The maximum Gasteiger partial charge on any atom is 0.300 e. The second kappa shape index (κ2) is 12.0. The number of hydrogen-bond acceptors (Lipinski definition) is 9. The molecule has 1 aliphatic heterocycles. The van der Waals surface area contributed by atoms with E-state index in [1.165, 1.54) is 16.7 Å². The summed E-state index contributed by atoms with van der Waals surface area (Å²) in [6, 6.07) is 12.7. The topological polar surface area (TPSA) is 148 Å². The number of allylic oxidation sites excluding steroid dienone is 2. The van der Waals surface area contributed by atoms with Crippen LogP contribution in [0.25, 0.3) is 6.08 Å². The molecule has 36 heavy (non-hydrogen) atoms. The van der Waals surface area contributed by atoms with Crippen LogP contribution in [0.15, 0.2) is 65.1 Å². The number of nitrogens with zero attached hydrogens (tertiary/aromatic N) is 3. The van der Waals surface area contributed by atoms with Gasteiger partial charge in [0.25, 0.3) is 11.6 Å². The molecular weight excluding hydrogens is 506 g/mol. The third-order valence-corrected chi connectivity index (χ3v) is 6.32. The van der Waals surface area contributed by atoms with Crippen molar-refractivity contribution in [2.45, 2.75) is 19.8 Å². The molecule has 0 aromatic heterocycles. The lowest BCUT2D eigenvalue weighted by Gasteiger charge is -2.14. The first-order valence-corrected chi connectivity index (χ1v) is 11.8. The monoisotopic (exact) mass is 527 g/mol. The zero-order chi connectivity index (χ0) is 26.2. The average molecular weight is 528 g/mol. The zero-order valence-electron chi connectivity index (χ0n) is 19.0. The molecule has 11 nitrogen and oxygen atoms in total. The number of thioether (sulfide) groups is 1. The summed E-state index contributed by atoms with van der Waals surface area (Å²) >= 11 is 6.52. The molecule has 0 unspecified atom stereocenters. The largest absolute Gasteiger partial charge is 0.300 e. The average Bonchev–Trinajstić information content (AvgIpc) is 3.10. The number of nitro groups is 2. The third kappa shape index (κ3) is 6.96. The minimum Gasteiger partial charge on any atom is -0.293 e. The Morgan fingerprint density at radius 2 is 1.86 bits per heavy atom. The van der Waals surface area contributed by atoms with Crippen molar-refractivity contribution >= 4 is 63.3 Å². The van der Waals surface area contributed by atoms with E-state index in [1.807, 2.05) is 43.3 Å². The van der Waals surface area contributed by atoms with Gasteiger partial charge in [-0.2, -0.15) is 0 Å². The number of amides is 2. The van der Waals surface area contributed by atoms with Gasteiger partial charge in [0.15, 0.2) is 0 Å². The number of nitro benzene ring substituents is 2. The number of thiocarbonyl (C=S) groups is 1. The van der Waals surface area contributed by atoms with E-state index in [4.69, 9.17) is 12.2 Å². The second-order valence-electron chi connectivity index (χ2n) is 7.62. The van der Waals surface area contributed by atoms with Crippen molar-refractivity contribution in [3.8, 4) is 0 Å². The quantitative estimate of drug-likeness (QED) is 0.196. The van der Waals surface area contributed by atoms with Gasteiger partial charge in [-0.25, -0.2) is 0 Å². The van der Waals surface area contributed by atoms with Gasteiger partial charge in [0.2, 0.25) is 5.91 Å². The highest BCUT2D eigenvalue weighted by Crippen LogP contribution is 2.32. The fraction of sp³-hybridized carbons (Fsp3) is 0.174. The van der Waals surface area contributed by atoms with Crippen molar-refractivity contribution in [1.29, 1.82) is 0 Å². The van der Waals surface area contributed by atoms with Gasteiger partial charge in [-0.1, -0.05) is 60.4 Å². The number of non-ortho nitro benzene ring substituents is 1. The summed E-state index contributed by atoms with van der Waals surface area (Å²) in [6.45, 7) is 2.13. The van der Waals surface area contributed by atoms with Gasteiger partial charge in [0.1, 0.15) is 10.0 Å². The van der Waals surface area contributed by atoms with Crippen LogP contribution < -0.4 is 10.9 Å². The van der Waals surface area contributed by atoms with Crippen molar-refractivity contribution in [2.24, 2.45) is 0 Å². The van der Waals surface area contributed by atoms with Gasteiger partial charge in [-0.3, -0.25) is 45.6 Å². The molecule has 0 radical (unpaired) electrons. The number of nitrogens with one attached hydrogen (secondary N) is 2. The first-order valence-electron chi connectivity index (χ1n) is 10.6. The molecule has 0 atom stereocenters. The Balaban J connectivity index is 1.52. The van der Waals surface area contributed by atoms with Crippen LogP contribution in [0, 0.1) is 20.2 Å². The molecule has 3 rings (SSSR count). The van der Waals surface area contributed by atoms with Crippen LogP contribution >= 0.6 is 24.0 Å². The van der Waals surface area contributed by atoms with Gasteiger partial charge in [0.05, 0.1) is 20.8 Å². The highest BCUT2D eigenvalue weighted by molar-refractivity contribution is 8.26. The molecule has 1 heterocycles. The highest BCUT2D eigenvalue weighted by atomic mass is 32.2. The Morgan fingerprint density at radius 3 is 2.53 bits per heavy atom. The SMILES string of the molecule is CC(/C=C1\SC(=S)N(CCCC(=O)NNc2ccc([N+](=O)[O-])cc2[N+](=O)[O-])C1=O)=C\c1ccccc1. The Kier molecular flexibility index (Phi) is 8.86. The van der Waals surface area contributed by atoms with E-state index >= 15 is 0 Å². The van der Waals surface area contributed by atoms with Gasteiger partial charge < -0.3 is 0 Å². The van der Waals surface area contributed by atoms with Gasteiger partial charge in [-0.05, 0) is 36.6 Å². The fourth-order valence-corrected chi connectivity index (χ4v) is 4.60. The summed E-state index contributed by atoms with van der Waals surface area (Å²) in [4.78, 5) is 47.3. The molecule has 0 spiro atoms. The van der Waals surface area contributed by atoms with Crippen molar-refractivity contribution in [3.05, 3.63) is 90.9 Å². The standard InChI is InChI=1S/C23H21N5O6S2/c1-15(12-16-6-3-2-4-7-16)13-20-22(30)26(23(35)36-20)11-5-8-21(29)25-24-18-10-9-17(27(31)32)14-19(18)28(33)34/h2-4,6-7,9-10,12-14,24H,5,8,11H2,1H3,(H,25,29)/b15-12+,20-13-. The number of benzene rings is 2. The fourth-order valence-electron chi connectivity index (χ4n) is 3.24. The molecule has 1 fully saturated rings. The number of anilines is 1. The Labute approximate surface area is 215 Å². The van der Waals surface area contributed by atoms with Crippen LogP contribution in [0.5, 0.6) is 0 Å². The zero-order valence-corrected chi connectivity index (χ0v) is 20.6. The van der Waals surface area contributed by atoms with Gasteiger partial charge in [-0.15, -0.1) is 0 Å². The van der Waals surface area contributed by atoms with Crippen LogP contribution in [0.4, 0.5) is 17.1 Å². The Bertz CT molecular complexity index is 1280. The van der Waals surface area contributed by atoms with Crippen molar-refractivity contribution in [3.63, 3.8) is 0 Å². The molecular formula is C23H21N5O6S2. The van der Waals surface area contributed by atoms with Crippen LogP contribution in [0.1, 0.15) is 25.3 Å². The summed E-state index contributed by atoms with van der Waals surface area (Å²) in [5, 5.41) is 22.0. The number of carbonyl (C=O) groups is 2. The lowest BCUT2D eigenvalue weighted by atomic mass is 10.1. The van der Waals surface area contributed by atoms with E-state index in [1.54, 1.807) is 6.08 Å². The van der Waals surface area contributed by atoms with Crippen LogP contribution in [0.2, 0.25) is 0 Å². The number of hydrazine groups is 1. The normalized spacial score (nSPS) is 14.8. The molecule has 186 valence electrons.